The minimum absolute atomic E-state index is 0.0306. The molecule has 78 heavy (non-hydrogen) atoms. The molecular weight excluding hydrogens is 997 g/mol. The number of esters is 3. The van der Waals surface area contributed by atoms with E-state index in [2.05, 4.69) is 33.8 Å². The molecule has 15 nitrogen and oxygen atoms in total. The van der Waals surface area contributed by atoms with Crippen molar-refractivity contribution in [2.24, 2.45) is 46.3 Å². The number of carbonyl (C=O) groups excluding carboxylic acids is 3. The molecule has 420 valence electrons. The average molecular weight is 1080 g/mol. The van der Waals surface area contributed by atoms with Crippen LogP contribution in [-0.2, 0) is 56.8 Å². The zero-order valence-electron chi connectivity index (χ0n) is 46.2. The Hall–Kier alpha value is -4.55. The molecule has 0 amide bonds. The predicted octanol–water partition coefficient (Wildman–Crippen LogP) is 10.4. The monoisotopic (exact) mass is 1070 g/mol. The number of carbonyl (C=O) groups is 3. The molecule has 3 saturated carbocycles. The van der Waals surface area contributed by atoms with E-state index >= 15 is 0 Å². The Bertz CT molecular complexity index is 2660. The van der Waals surface area contributed by atoms with Gasteiger partial charge in [0.1, 0.15) is 18.3 Å². The molecule has 15 heteroatoms. The lowest BCUT2D eigenvalue weighted by Gasteiger charge is -2.58. The van der Waals surface area contributed by atoms with E-state index in [1.54, 1.807) is 105 Å². The van der Waals surface area contributed by atoms with Crippen LogP contribution >= 0.6 is 0 Å². The van der Waals surface area contributed by atoms with E-state index in [1.807, 2.05) is 6.92 Å². The zero-order valence-corrected chi connectivity index (χ0v) is 46.2. The molecular formula is C63H78O15. The van der Waals surface area contributed by atoms with Gasteiger partial charge in [-0.2, -0.15) is 0 Å². The predicted molar refractivity (Wildman–Crippen MR) is 282 cm³/mol. The first-order valence-corrected chi connectivity index (χ1v) is 29.0. The van der Waals surface area contributed by atoms with Gasteiger partial charge in [0.05, 0.1) is 48.2 Å². The van der Waals surface area contributed by atoms with E-state index in [0.717, 1.165) is 51.6 Å². The fourth-order valence-corrected chi connectivity index (χ4v) is 16.0. The maximum Gasteiger partial charge on any atom is 0.338 e. The quantitative estimate of drug-likeness (QED) is 0.0956. The summed E-state index contributed by atoms with van der Waals surface area (Å²) < 4.78 is 79.2. The average Bonchev–Trinajstić information content (AvgIpc) is 3.67. The van der Waals surface area contributed by atoms with Gasteiger partial charge in [0.2, 0.25) is 0 Å². The summed E-state index contributed by atoms with van der Waals surface area (Å²) in [6.07, 6.45) is 1.60. The third kappa shape index (κ3) is 9.78. The lowest BCUT2D eigenvalue weighted by Crippen LogP contribution is -2.64. The van der Waals surface area contributed by atoms with Gasteiger partial charge < -0.3 is 56.8 Å². The van der Waals surface area contributed by atoms with Gasteiger partial charge in [0.15, 0.2) is 36.7 Å². The first kappa shape index (κ1) is 54.1. The molecule has 21 atom stereocenters. The number of rotatable bonds is 12. The second-order valence-corrected chi connectivity index (χ2v) is 24.5. The summed E-state index contributed by atoms with van der Waals surface area (Å²) in [5.41, 5.74) is 2.42. The minimum Gasteiger partial charge on any atom is -0.452 e. The number of benzene rings is 3. The van der Waals surface area contributed by atoms with Crippen molar-refractivity contribution < 1.29 is 71.2 Å². The minimum atomic E-state index is -1.51. The summed E-state index contributed by atoms with van der Waals surface area (Å²) in [7, 11) is 0. The Balaban J connectivity index is 0.819. The van der Waals surface area contributed by atoms with Crippen molar-refractivity contribution in [2.45, 2.75) is 186 Å². The second-order valence-electron chi connectivity index (χ2n) is 24.5. The largest absolute Gasteiger partial charge is 0.452 e. The highest BCUT2D eigenvalue weighted by molar-refractivity contribution is 5.91. The summed E-state index contributed by atoms with van der Waals surface area (Å²) in [6.45, 7) is 16.3. The molecule has 1 unspecified atom stereocenters. The Morgan fingerprint density at radius 1 is 0.641 bits per heavy atom. The number of ether oxygens (including phenoxy) is 12. The van der Waals surface area contributed by atoms with Gasteiger partial charge in [-0.05, 0) is 142 Å². The normalized spacial score (nSPS) is 43.5. The fourth-order valence-electron chi connectivity index (χ4n) is 16.0. The Kier molecular flexibility index (Phi) is 14.8. The van der Waals surface area contributed by atoms with E-state index < -0.39 is 85.0 Å². The van der Waals surface area contributed by atoms with Crippen LogP contribution in [0.5, 0.6) is 0 Å². The van der Waals surface area contributed by atoms with E-state index in [-0.39, 0.29) is 46.3 Å². The highest BCUT2D eigenvalue weighted by Crippen LogP contribution is 2.71. The van der Waals surface area contributed by atoms with Gasteiger partial charge in [-0.1, -0.05) is 93.9 Å². The number of hydrogen-bond acceptors (Lipinski definition) is 15. The molecule has 5 aliphatic heterocycles. The molecule has 0 bridgehead atoms. The van der Waals surface area contributed by atoms with Crippen molar-refractivity contribution in [3.8, 4) is 0 Å². The van der Waals surface area contributed by atoms with Crippen molar-refractivity contribution in [2.75, 3.05) is 19.8 Å². The third-order valence-electron chi connectivity index (χ3n) is 19.9. The zero-order chi connectivity index (χ0) is 54.1. The van der Waals surface area contributed by atoms with Gasteiger partial charge in [0.25, 0.3) is 5.97 Å². The van der Waals surface area contributed by atoms with Crippen molar-refractivity contribution >= 4 is 17.9 Å². The van der Waals surface area contributed by atoms with Crippen LogP contribution < -0.4 is 0 Å². The second kappa shape index (κ2) is 21.4. The van der Waals surface area contributed by atoms with Crippen molar-refractivity contribution in [3.63, 3.8) is 0 Å². The molecule has 5 saturated heterocycles. The van der Waals surface area contributed by atoms with E-state index in [9.17, 15) is 14.4 Å². The summed E-state index contributed by atoms with van der Waals surface area (Å²) >= 11 is 0. The Labute approximate surface area is 458 Å². The van der Waals surface area contributed by atoms with Gasteiger partial charge in [-0.3, -0.25) is 0 Å². The Morgan fingerprint density at radius 3 is 1.91 bits per heavy atom. The molecule has 0 radical (unpaired) electrons. The molecule has 5 heterocycles. The van der Waals surface area contributed by atoms with Crippen LogP contribution in [0, 0.1) is 46.3 Å². The summed E-state index contributed by atoms with van der Waals surface area (Å²) in [6, 6.07) is 25.3. The van der Waals surface area contributed by atoms with Crippen LogP contribution in [0.2, 0.25) is 0 Å². The highest BCUT2D eigenvalue weighted by Gasteiger charge is 2.69. The molecule has 9 aliphatic rings. The molecule has 3 aromatic rings. The molecule has 0 N–H and O–H groups in total. The summed E-state index contributed by atoms with van der Waals surface area (Å²) in [5.74, 6) is -0.820. The van der Waals surface area contributed by atoms with Crippen molar-refractivity contribution in [3.05, 3.63) is 119 Å². The molecule has 8 fully saturated rings. The molecule has 1 spiro atoms. The maximum absolute atomic E-state index is 14.3. The molecule has 3 aromatic carbocycles. The maximum atomic E-state index is 14.3. The lowest BCUT2D eigenvalue weighted by atomic mass is 9.47. The van der Waals surface area contributed by atoms with E-state index in [4.69, 9.17) is 56.8 Å². The van der Waals surface area contributed by atoms with Gasteiger partial charge in [-0.25, -0.2) is 14.4 Å². The third-order valence-corrected chi connectivity index (χ3v) is 19.9. The Morgan fingerprint density at radius 2 is 1.28 bits per heavy atom. The van der Waals surface area contributed by atoms with Crippen molar-refractivity contribution in [1.29, 1.82) is 0 Å². The van der Waals surface area contributed by atoms with E-state index in [0.29, 0.717) is 42.1 Å². The van der Waals surface area contributed by atoms with Crippen LogP contribution in [0.4, 0.5) is 0 Å². The van der Waals surface area contributed by atoms with Gasteiger partial charge in [-0.15, -0.1) is 0 Å². The molecule has 12 rings (SSSR count). The number of fused-ring (bicyclic) bond motifs is 8. The SMILES string of the molecule is CCOC1(C)O[C@@H]2[C@@H](O[C@@H]3O[C@@H](C)[C@H](OC(=O)c4ccccc4)[C@@H](OC(=O)c4ccccc4)[C@H]3OC(=O)c3ccccc3)[C@H](O[C@H]3CC[C@@]4(C)C(=CC[C@H]5[C@@H]6C[C@@H]7O[C@]8(CC[C@@H](C)CO8)[C@@H](C)[C@@H]7[C@@]6(C)CC[C@@H]54)C3)OC[C@@H]2O1. The van der Waals surface area contributed by atoms with Gasteiger partial charge in [0, 0.05) is 25.9 Å². The number of hydrogen-bond donors (Lipinski definition) is 0. The fraction of sp³-hybridized carbons (Fsp3) is 0.635. The first-order chi connectivity index (χ1) is 37.6. The molecule has 0 aromatic heterocycles. The first-order valence-electron chi connectivity index (χ1n) is 29.0. The topological polar surface area (TPSA) is 162 Å². The summed E-state index contributed by atoms with van der Waals surface area (Å²) in [5, 5.41) is 0. The highest BCUT2D eigenvalue weighted by atomic mass is 16.9. The molecule has 4 aliphatic carbocycles. The van der Waals surface area contributed by atoms with Crippen LogP contribution in [0.1, 0.15) is 137 Å². The standard InChI is InChI=1S/C63H78O15/c1-8-68-62(7)76-48-35-67-58(71-43-27-29-60(5)42(32-43)24-25-44-45(60)28-30-61(6)46(44)33-47-49(61)37(3)63(77-47)31-26-36(2)34-69-63)53(51(48)78-62)75-59-54(74-57(66)41-22-16-11-17-23-41)52(73-56(65)40-20-14-10-15-21-40)50(38(4)70-59)72-55(64)39-18-12-9-13-19-39/h9-24,36-38,43-54,58-59H,8,25-35H2,1-7H3/t36-,37+,38+,43+,44-,45+,46+,47+,48+,49+,50+,51+,52-,53-,54-,58+,59+,60+,61+,62?,63-/m1/s1. The van der Waals surface area contributed by atoms with Crippen LogP contribution in [0.15, 0.2) is 103 Å². The lowest BCUT2D eigenvalue weighted by molar-refractivity contribution is -0.357. The van der Waals surface area contributed by atoms with Crippen LogP contribution in [0.25, 0.3) is 0 Å². The van der Waals surface area contributed by atoms with Gasteiger partial charge >= 0.3 is 17.9 Å². The van der Waals surface area contributed by atoms with Crippen molar-refractivity contribution in [1.82, 2.24) is 0 Å². The van der Waals surface area contributed by atoms with Crippen LogP contribution in [-0.4, -0.2) is 117 Å². The summed E-state index contributed by atoms with van der Waals surface area (Å²) in [4.78, 5) is 42.3. The van der Waals surface area contributed by atoms with Crippen LogP contribution in [0.3, 0.4) is 0 Å². The number of allylic oxidation sites excluding steroid dienone is 1. The smallest absolute Gasteiger partial charge is 0.338 e. The van der Waals surface area contributed by atoms with E-state index in [1.165, 1.54) is 18.4 Å².